The highest BCUT2D eigenvalue weighted by molar-refractivity contribution is 7.80. The Balaban J connectivity index is 2.34. The van der Waals surface area contributed by atoms with Crippen LogP contribution in [-0.2, 0) is 6.42 Å². The fourth-order valence-electron chi connectivity index (χ4n) is 1.69. The molecule has 1 aromatic carbocycles. The first kappa shape index (κ1) is 13.5. The number of ether oxygens (including phenoxy) is 1. The number of para-hydroxylation sites is 1. The van der Waals surface area contributed by atoms with Crippen LogP contribution in [0.25, 0.3) is 0 Å². The maximum absolute atomic E-state index is 9.04. The highest BCUT2D eigenvalue weighted by Crippen LogP contribution is 2.26. The standard InChI is InChI=1S/C14H14N2O2S/c15-13(19)11-5-3-8-16-14(11)18-12-6-2-1-4-10(12)7-9-17/h1-6,8,17H,7,9H2,(H2,15,19). The van der Waals surface area contributed by atoms with Crippen LogP contribution in [0.1, 0.15) is 11.1 Å². The van der Waals surface area contributed by atoms with Gasteiger partial charge in [-0.15, -0.1) is 0 Å². The first-order valence-electron chi connectivity index (χ1n) is 5.84. The van der Waals surface area contributed by atoms with Gasteiger partial charge in [0.2, 0.25) is 5.88 Å². The predicted molar refractivity (Wildman–Crippen MR) is 77.4 cm³/mol. The highest BCUT2D eigenvalue weighted by atomic mass is 32.1. The molecular formula is C14H14N2O2S. The second-order valence-corrected chi connectivity index (χ2v) is 4.34. The Morgan fingerprint density at radius 3 is 2.79 bits per heavy atom. The minimum absolute atomic E-state index is 0.0603. The molecule has 1 heterocycles. The highest BCUT2D eigenvalue weighted by Gasteiger charge is 2.10. The third-order valence-electron chi connectivity index (χ3n) is 2.60. The molecule has 0 saturated heterocycles. The number of rotatable bonds is 5. The van der Waals surface area contributed by atoms with E-state index in [1.807, 2.05) is 24.3 Å². The average Bonchev–Trinajstić information content (AvgIpc) is 2.42. The van der Waals surface area contributed by atoms with Gasteiger partial charge >= 0.3 is 0 Å². The lowest BCUT2D eigenvalue weighted by atomic mass is 10.1. The Hall–Kier alpha value is -1.98. The SMILES string of the molecule is NC(=S)c1cccnc1Oc1ccccc1CCO. The van der Waals surface area contributed by atoms with Crippen molar-refractivity contribution >= 4 is 17.2 Å². The third-order valence-corrected chi connectivity index (χ3v) is 2.82. The molecule has 5 heteroatoms. The molecule has 0 saturated carbocycles. The molecule has 0 unspecified atom stereocenters. The van der Waals surface area contributed by atoms with Crippen LogP contribution in [0.5, 0.6) is 11.6 Å². The third kappa shape index (κ3) is 3.27. The molecule has 0 amide bonds. The van der Waals surface area contributed by atoms with E-state index >= 15 is 0 Å². The molecule has 0 radical (unpaired) electrons. The second-order valence-electron chi connectivity index (χ2n) is 3.90. The summed E-state index contributed by atoms with van der Waals surface area (Å²) in [5.41, 5.74) is 7.14. The molecule has 0 spiro atoms. The summed E-state index contributed by atoms with van der Waals surface area (Å²) in [4.78, 5) is 4.38. The molecule has 3 N–H and O–H groups in total. The lowest BCUT2D eigenvalue weighted by Crippen LogP contribution is -2.11. The predicted octanol–water partition coefficient (Wildman–Crippen LogP) is 2.04. The van der Waals surface area contributed by atoms with E-state index in [-0.39, 0.29) is 11.6 Å². The summed E-state index contributed by atoms with van der Waals surface area (Å²) in [5.74, 6) is 1.02. The number of aliphatic hydroxyl groups excluding tert-OH is 1. The van der Waals surface area contributed by atoms with E-state index in [2.05, 4.69) is 4.98 Å². The van der Waals surface area contributed by atoms with Gasteiger partial charge in [-0.05, 0) is 30.2 Å². The zero-order chi connectivity index (χ0) is 13.7. The normalized spacial score (nSPS) is 10.2. The number of pyridine rings is 1. The van der Waals surface area contributed by atoms with Crippen molar-refractivity contribution in [3.8, 4) is 11.6 Å². The minimum atomic E-state index is 0.0603. The summed E-state index contributed by atoms with van der Waals surface area (Å²) in [6.45, 7) is 0.0603. The molecule has 0 aliphatic heterocycles. The Kier molecular flexibility index (Phi) is 4.43. The lowest BCUT2D eigenvalue weighted by Gasteiger charge is -2.11. The quantitative estimate of drug-likeness (QED) is 0.817. The van der Waals surface area contributed by atoms with Crippen LogP contribution in [0.4, 0.5) is 0 Å². The van der Waals surface area contributed by atoms with Crippen molar-refractivity contribution < 1.29 is 9.84 Å². The Labute approximate surface area is 116 Å². The zero-order valence-corrected chi connectivity index (χ0v) is 11.1. The Bertz CT molecular complexity index is 587. The lowest BCUT2D eigenvalue weighted by molar-refractivity contribution is 0.297. The van der Waals surface area contributed by atoms with Crippen molar-refractivity contribution in [1.29, 1.82) is 0 Å². The van der Waals surface area contributed by atoms with Crippen molar-refractivity contribution in [2.45, 2.75) is 6.42 Å². The molecule has 0 aliphatic rings. The van der Waals surface area contributed by atoms with Crippen molar-refractivity contribution in [2.75, 3.05) is 6.61 Å². The minimum Gasteiger partial charge on any atom is -0.438 e. The maximum Gasteiger partial charge on any atom is 0.229 e. The first-order valence-corrected chi connectivity index (χ1v) is 6.24. The molecule has 98 valence electrons. The number of hydrogen-bond donors (Lipinski definition) is 2. The van der Waals surface area contributed by atoms with Gasteiger partial charge in [-0.25, -0.2) is 4.98 Å². The van der Waals surface area contributed by atoms with Crippen molar-refractivity contribution in [3.63, 3.8) is 0 Å². The molecule has 2 aromatic rings. The number of thiocarbonyl (C=S) groups is 1. The summed E-state index contributed by atoms with van der Waals surface area (Å²) in [6.07, 6.45) is 2.14. The monoisotopic (exact) mass is 274 g/mol. The summed E-state index contributed by atoms with van der Waals surface area (Å²) in [6, 6.07) is 11.0. The van der Waals surface area contributed by atoms with Crippen molar-refractivity contribution in [2.24, 2.45) is 5.73 Å². The van der Waals surface area contributed by atoms with Gasteiger partial charge in [0.25, 0.3) is 0 Å². The zero-order valence-electron chi connectivity index (χ0n) is 10.2. The fourth-order valence-corrected chi connectivity index (χ4v) is 1.85. The topological polar surface area (TPSA) is 68.4 Å². The Morgan fingerprint density at radius 2 is 2.05 bits per heavy atom. The van der Waals surface area contributed by atoms with Gasteiger partial charge in [0.05, 0.1) is 5.56 Å². The van der Waals surface area contributed by atoms with E-state index in [0.717, 1.165) is 5.56 Å². The maximum atomic E-state index is 9.04. The summed E-state index contributed by atoms with van der Waals surface area (Å²) >= 11 is 4.97. The summed E-state index contributed by atoms with van der Waals surface area (Å²) in [5, 5.41) is 9.04. The van der Waals surface area contributed by atoms with Crippen LogP contribution >= 0.6 is 12.2 Å². The van der Waals surface area contributed by atoms with E-state index in [4.69, 9.17) is 27.8 Å². The number of aromatic nitrogens is 1. The smallest absolute Gasteiger partial charge is 0.229 e. The van der Waals surface area contributed by atoms with Gasteiger partial charge in [-0.1, -0.05) is 30.4 Å². The van der Waals surface area contributed by atoms with E-state index in [9.17, 15) is 0 Å². The van der Waals surface area contributed by atoms with E-state index < -0.39 is 0 Å². The largest absolute Gasteiger partial charge is 0.438 e. The van der Waals surface area contributed by atoms with Crippen LogP contribution < -0.4 is 10.5 Å². The molecule has 1 aromatic heterocycles. The van der Waals surface area contributed by atoms with Gasteiger partial charge in [0.1, 0.15) is 10.7 Å². The first-order chi connectivity index (χ1) is 9.22. The van der Waals surface area contributed by atoms with E-state index in [1.54, 1.807) is 18.3 Å². The van der Waals surface area contributed by atoms with Gasteiger partial charge in [0, 0.05) is 12.8 Å². The van der Waals surface area contributed by atoms with Gasteiger partial charge in [-0.3, -0.25) is 0 Å². The molecule has 19 heavy (non-hydrogen) atoms. The molecule has 4 nitrogen and oxygen atoms in total. The number of hydrogen-bond acceptors (Lipinski definition) is 4. The number of benzene rings is 1. The van der Waals surface area contributed by atoms with Gasteiger partial charge < -0.3 is 15.6 Å². The molecule has 2 rings (SSSR count). The van der Waals surface area contributed by atoms with Gasteiger partial charge in [0.15, 0.2) is 0 Å². The number of nitrogens with zero attached hydrogens (tertiary/aromatic N) is 1. The second kappa shape index (κ2) is 6.26. The molecule has 0 fully saturated rings. The van der Waals surface area contributed by atoms with Crippen LogP contribution in [0, 0.1) is 0 Å². The van der Waals surface area contributed by atoms with Crippen molar-refractivity contribution in [3.05, 3.63) is 53.7 Å². The van der Waals surface area contributed by atoms with Gasteiger partial charge in [-0.2, -0.15) is 0 Å². The van der Waals surface area contributed by atoms with Crippen molar-refractivity contribution in [1.82, 2.24) is 4.98 Å². The summed E-state index contributed by atoms with van der Waals surface area (Å²) < 4.78 is 5.76. The van der Waals surface area contributed by atoms with E-state index in [1.165, 1.54) is 0 Å². The average molecular weight is 274 g/mol. The van der Waals surface area contributed by atoms with Crippen LogP contribution in [0.3, 0.4) is 0 Å². The molecule has 0 atom stereocenters. The molecule has 0 bridgehead atoms. The van der Waals surface area contributed by atoms with Crippen LogP contribution in [0.2, 0.25) is 0 Å². The number of aliphatic hydroxyl groups is 1. The fraction of sp³-hybridized carbons (Fsp3) is 0.143. The van der Waals surface area contributed by atoms with Crippen LogP contribution in [-0.4, -0.2) is 21.7 Å². The van der Waals surface area contributed by atoms with E-state index in [0.29, 0.717) is 23.6 Å². The Morgan fingerprint density at radius 1 is 1.26 bits per heavy atom. The molecule has 0 aliphatic carbocycles. The number of nitrogens with two attached hydrogens (primary N) is 1. The summed E-state index contributed by atoms with van der Waals surface area (Å²) in [7, 11) is 0. The molecular weight excluding hydrogens is 260 g/mol. The van der Waals surface area contributed by atoms with Crippen LogP contribution in [0.15, 0.2) is 42.6 Å².